The van der Waals surface area contributed by atoms with Crippen LogP contribution in [-0.4, -0.2) is 48.3 Å². The van der Waals surface area contributed by atoms with Crippen molar-refractivity contribution in [2.45, 2.75) is 44.7 Å². The highest BCUT2D eigenvalue weighted by Gasteiger charge is 2.27. The second kappa shape index (κ2) is 12.1. The third-order valence-electron chi connectivity index (χ3n) is 7.26. The Balaban J connectivity index is 1.46. The maximum absolute atomic E-state index is 13.1. The van der Waals surface area contributed by atoms with Crippen molar-refractivity contribution in [1.29, 1.82) is 0 Å². The van der Waals surface area contributed by atoms with E-state index in [4.69, 9.17) is 14.5 Å². The summed E-state index contributed by atoms with van der Waals surface area (Å²) >= 11 is 0. The number of nitrogens with zero attached hydrogens (tertiary/aromatic N) is 2. The summed E-state index contributed by atoms with van der Waals surface area (Å²) in [6.07, 6.45) is 5.62. The summed E-state index contributed by atoms with van der Waals surface area (Å²) in [5.74, 6) is -0.724. The number of carbonyl (C=O) groups excluding carboxylic acids is 2. The molecule has 0 saturated carbocycles. The second-order valence-corrected chi connectivity index (χ2v) is 9.84. The molecule has 0 bridgehead atoms. The van der Waals surface area contributed by atoms with E-state index in [1.807, 2.05) is 36.4 Å². The molecule has 0 radical (unpaired) electrons. The predicted molar refractivity (Wildman–Crippen MR) is 152 cm³/mol. The molecule has 202 valence electrons. The van der Waals surface area contributed by atoms with Gasteiger partial charge in [0.05, 0.1) is 31.3 Å². The first-order valence-electron chi connectivity index (χ1n) is 13.3. The number of ether oxygens (including phenoxy) is 2. The Labute approximate surface area is 228 Å². The molecule has 2 N–H and O–H groups in total. The molecule has 2 aromatic heterocycles. The lowest BCUT2D eigenvalue weighted by atomic mass is 9.88. The van der Waals surface area contributed by atoms with Gasteiger partial charge >= 0.3 is 5.97 Å². The highest BCUT2D eigenvalue weighted by atomic mass is 16.5. The molecule has 1 aliphatic rings. The van der Waals surface area contributed by atoms with Crippen LogP contribution in [0.15, 0.2) is 66.9 Å². The van der Waals surface area contributed by atoms with Gasteiger partial charge in [-0.05, 0) is 48.4 Å². The van der Waals surface area contributed by atoms with Crippen LogP contribution in [0.25, 0.3) is 11.0 Å². The van der Waals surface area contributed by atoms with Crippen LogP contribution in [-0.2, 0) is 40.1 Å². The van der Waals surface area contributed by atoms with Crippen molar-refractivity contribution in [2.24, 2.45) is 0 Å². The number of esters is 1. The number of hydrogen-bond acceptors (Lipinski definition) is 6. The van der Waals surface area contributed by atoms with Gasteiger partial charge in [-0.3, -0.25) is 4.79 Å². The summed E-state index contributed by atoms with van der Waals surface area (Å²) in [5, 5.41) is 7.32. The Kier molecular flexibility index (Phi) is 8.22. The molecule has 2 heterocycles. The molecular formula is C31H34N4O4. The quantitative estimate of drug-likeness (QED) is 0.282. The minimum absolute atomic E-state index is 0.183. The van der Waals surface area contributed by atoms with Crippen LogP contribution in [0.3, 0.4) is 0 Å². The molecule has 2 aromatic carbocycles. The van der Waals surface area contributed by atoms with Crippen LogP contribution in [0.2, 0.25) is 0 Å². The lowest BCUT2D eigenvalue weighted by Gasteiger charge is -2.26. The van der Waals surface area contributed by atoms with Crippen LogP contribution in [0.4, 0.5) is 11.4 Å². The van der Waals surface area contributed by atoms with E-state index in [2.05, 4.69) is 34.9 Å². The van der Waals surface area contributed by atoms with Crippen molar-refractivity contribution in [2.75, 3.05) is 31.5 Å². The molecule has 8 nitrogen and oxygen atoms in total. The summed E-state index contributed by atoms with van der Waals surface area (Å²) in [7, 11) is 2.94. The molecule has 0 fully saturated rings. The summed E-state index contributed by atoms with van der Waals surface area (Å²) < 4.78 is 12.2. The van der Waals surface area contributed by atoms with Crippen molar-refractivity contribution in [3.8, 4) is 0 Å². The lowest BCUT2D eigenvalue weighted by Crippen LogP contribution is -2.27. The monoisotopic (exact) mass is 526 g/mol. The molecule has 4 aromatic rings. The van der Waals surface area contributed by atoms with Crippen LogP contribution in [0, 0.1) is 0 Å². The Morgan fingerprint density at radius 3 is 2.59 bits per heavy atom. The summed E-state index contributed by atoms with van der Waals surface area (Å²) in [4.78, 5) is 30.8. The highest BCUT2D eigenvalue weighted by Crippen LogP contribution is 2.33. The molecule has 1 atom stereocenters. The first-order valence-corrected chi connectivity index (χ1v) is 13.3. The van der Waals surface area contributed by atoms with Crippen molar-refractivity contribution >= 4 is 34.3 Å². The topological polar surface area (TPSA) is 94.5 Å². The third-order valence-corrected chi connectivity index (χ3v) is 7.26. The number of fused-ring (bicyclic) bond motifs is 2. The maximum atomic E-state index is 13.1. The lowest BCUT2D eigenvalue weighted by molar-refractivity contribution is -0.116. The number of aryl methyl sites for hydroxylation is 2. The third kappa shape index (κ3) is 5.96. The van der Waals surface area contributed by atoms with Gasteiger partial charge in [-0.2, -0.15) is 0 Å². The Bertz CT molecular complexity index is 1460. The van der Waals surface area contributed by atoms with Gasteiger partial charge in [0, 0.05) is 31.5 Å². The van der Waals surface area contributed by atoms with Gasteiger partial charge in [0.25, 0.3) is 0 Å². The average molecular weight is 527 g/mol. The van der Waals surface area contributed by atoms with Crippen molar-refractivity contribution in [3.63, 3.8) is 0 Å². The highest BCUT2D eigenvalue weighted by molar-refractivity contribution is 6.11. The molecular weight excluding hydrogens is 492 g/mol. The average Bonchev–Trinajstić information content (AvgIpc) is 3.27. The number of pyridine rings is 1. The molecule has 1 aliphatic carbocycles. The second-order valence-electron chi connectivity index (χ2n) is 9.84. The van der Waals surface area contributed by atoms with Gasteiger partial charge in [-0.15, -0.1) is 0 Å². The number of rotatable bonds is 10. The molecule has 8 heteroatoms. The predicted octanol–water partition coefficient (Wildman–Crippen LogP) is 5.01. The normalized spacial score (nSPS) is 14.6. The van der Waals surface area contributed by atoms with E-state index in [1.165, 1.54) is 18.2 Å². The molecule has 0 aliphatic heterocycles. The SMILES string of the molecule is COCCn1c(C(=O)OC)c(NC(=O)CCc2ccccc2)c2cc(N[C@@H]3CCc4ccccc4C3)cnc21. The van der Waals surface area contributed by atoms with E-state index in [0.29, 0.717) is 36.3 Å². The van der Waals surface area contributed by atoms with Gasteiger partial charge in [-0.1, -0.05) is 54.6 Å². The number of carbonyl (C=O) groups is 2. The van der Waals surface area contributed by atoms with E-state index in [9.17, 15) is 9.59 Å². The number of benzene rings is 2. The van der Waals surface area contributed by atoms with Gasteiger partial charge in [0.2, 0.25) is 5.91 Å². The van der Waals surface area contributed by atoms with E-state index in [1.54, 1.807) is 17.9 Å². The van der Waals surface area contributed by atoms with Crippen molar-refractivity contribution in [3.05, 3.63) is 89.2 Å². The van der Waals surface area contributed by atoms with Gasteiger partial charge in [0.1, 0.15) is 5.65 Å². The van der Waals surface area contributed by atoms with Crippen molar-refractivity contribution in [1.82, 2.24) is 9.55 Å². The minimum Gasteiger partial charge on any atom is -0.464 e. The standard InChI is InChI=1S/C31H34N4O4/c1-38-17-16-35-29(31(37)39-2)28(34-27(36)15-12-21-8-4-3-5-9-21)26-19-25(20-32-30(26)35)33-24-14-13-22-10-6-7-11-23(22)18-24/h3-11,19-20,24,33H,12-18H2,1-2H3,(H,34,36)/t24-/m1/s1. The zero-order valence-electron chi connectivity index (χ0n) is 22.4. The van der Waals surface area contributed by atoms with Gasteiger partial charge < -0.3 is 24.7 Å². The fraction of sp³-hybridized carbons (Fsp3) is 0.323. The number of methoxy groups -OCH3 is 2. The molecule has 39 heavy (non-hydrogen) atoms. The van der Waals surface area contributed by atoms with Crippen molar-refractivity contribution < 1.29 is 19.1 Å². The number of hydrogen-bond donors (Lipinski definition) is 2. The minimum atomic E-state index is -0.541. The molecule has 1 amide bonds. The number of amides is 1. The van der Waals surface area contributed by atoms with Crippen LogP contribution < -0.4 is 10.6 Å². The maximum Gasteiger partial charge on any atom is 0.356 e. The fourth-order valence-corrected chi connectivity index (χ4v) is 5.30. The van der Waals surface area contributed by atoms with Gasteiger partial charge in [-0.25, -0.2) is 9.78 Å². The molecule has 0 saturated heterocycles. The summed E-state index contributed by atoms with van der Waals surface area (Å²) in [6.45, 7) is 0.759. The molecule has 0 unspecified atom stereocenters. The zero-order chi connectivity index (χ0) is 27.2. The first-order chi connectivity index (χ1) is 19.1. The fourth-order valence-electron chi connectivity index (χ4n) is 5.30. The Morgan fingerprint density at radius 2 is 1.82 bits per heavy atom. The first kappa shape index (κ1) is 26.4. The smallest absolute Gasteiger partial charge is 0.356 e. The number of nitrogens with one attached hydrogen (secondary N) is 2. The van der Waals surface area contributed by atoms with E-state index >= 15 is 0 Å². The largest absolute Gasteiger partial charge is 0.464 e. The summed E-state index contributed by atoms with van der Waals surface area (Å²) in [6, 6.07) is 20.6. The van der Waals surface area contributed by atoms with E-state index < -0.39 is 5.97 Å². The van der Waals surface area contributed by atoms with Crippen LogP contribution in [0.5, 0.6) is 0 Å². The zero-order valence-corrected chi connectivity index (χ0v) is 22.4. The van der Waals surface area contributed by atoms with Gasteiger partial charge in [0.15, 0.2) is 5.69 Å². The van der Waals surface area contributed by atoms with Crippen LogP contribution in [0.1, 0.15) is 40.0 Å². The molecule has 0 spiro atoms. The van der Waals surface area contributed by atoms with E-state index in [-0.39, 0.29) is 24.1 Å². The summed E-state index contributed by atoms with van der Waals surface area (Å²) in [5.41, 5.74) is 5.94. The number of anilines is 2. The van der Waals surface area contributed by atoms with Crippen LogP contribution >= 0.6 is 0 Å². The Hall–Kier alpha value is -4.17. The molecule has 5 rings (SSSR count). The Morgan fingerprint density at radius 1 is 1.05 bits per heavy atom. The number of aromatic nitrogens is 2. The van der Waals surface area contributed by atoms with E-state index in [0.717, 1.165) is 30.5 Å².